The highest BCUT2D eigenvalue weighted by Gasteiger charge is 2.64. The van der Waals surface area contributed by atoms with E-state index in [1.807, 2.05) is 6.07 Å². The van der Waals surface area contributed by atoms with Gasteiger partial charge in [-0.2, -0.15) is 0 Å². The van der Waals surface area contributed by atoms with Crippen molar-refractivity contribution in [2.45, 2.75) is 54.8 Å². The number of amides is 1. The summed E-state index contributed by atoms with van der Waals surface area (Å²) >= 11 is 9.40. The first-order valence-electron chi connectivity index (χ1n) is 11.3. The number of nitrogens with one attached hydrogen (secondary N) is 1. The van der Waals surface area contributed by atoms with Crippen molar-refractivity contribution in [3.63, 3.8) is 0 Å². The van der Waals surface area contributed by atoms with E-state index in [4.69, 9.17) is 17.0 Å². The van der Waals surface area contributed by atoms with Crippen LogP contribution in [0.25, 0.3) is 0 Å². The lowest BCUT2D eigenvalue weighted by atomic mass is 9.49. The Morgan fingerprint density at radius 1 is 1.41 bits per heavy atom. The number of carbonyl (C=O) groups excluding carboxylic acids is 1. The SMILES string of the molecule is BC(B)(B)n1c(CC(=O)N[C@@H]2CCCOC2)c2n(c1=S)C[C@@]1(c3cc(Br)ccc3F)C[C@@H]21. The third kappa shape index (κ3) is 3.64. The molecule has 1 aromatic heterocycles. The summed E-state index contributed by atoms with van der Waals surface area (Å²) in [4.78, 5) is 13.0. The summed E-state index contributed by atoms with van der Waals surface area (Å²) < 4.78 is 26.2. The standard InChI is InChI=1S/C21H26B3BrFN3O2S/c22-21(23,24)29-16(7-17(30)27-12-2-1-5-31-9-12)18-14-8-20(14,10-28(18)19(29)32)13-6-11(25)3-4-15(13)26/h3-4,6,12,14H,1-2,5,7-10,22-24H2,(H,27,30)/t12-,14+,20-/m1/s1. The molecule has 2 aromatic rings. The molecule has 166 valence electrons. The van der Waals surface area contributed by atoms with E-state index in [1.165, 1.54) is 6.07 Å². The Balaban J connectivity index is 1.51. The van der Waals surface area contributed by atoms with Gasteiger partial charge in [0.2, 0.25) is 5.91 Å². The number of hydrogen-bond donors (Lipinski definition) is 1. The summed E-state index contributed by atoms with van der Waals surface area (Å²) in [6.45, 7) is 1.99. The molecule has 1 saturated carbocycles. The second-order valence-electron chi connectivity index (χ2n) is 10.4. The Morgan fingerprint density at radius 2 is 2.19 bits per heavy atom. The van der Waals surface area contributed by atoms with Crippen LogP contribution in [0.3, 0.4) is 0 Å². The van der Waals surface area contributed by atoms with Gasteiger partial charge < -0.3 is 19.2 Å². The highest BCUT2D eigenvalue weighted by molar-refractivity contribution is 9.10. The van der Waals surface area contributed by atoms with E-state index >= 15 is 0 Å². The van der Waals surface area contributed by atoms with Crippen LogP contribution in [0, 0.1) is 10.6 Å². The average Bonchev–Trinajstić information content (AvgIpc) is 3.23. The summed E-state index contributed by atoms with van der Waals surface area (Å²) in [5, 5.41) is 2.89. The molecule has 0 spiro atoms. The molecule has 5 rings (SSSR count). The molecule has 2 fully saturated rings. The number of aromatic nitrogens is 2. The number of hydrogen-bond acceptors (Lipinski definition) is 3. The molecule has 1 saturated heterocycles. The zero-order chi connectivity index (χ0) is 22.8. The zero-order valence-electron chi connectivity index (χ0n) is 18.7. The Labute approximate surface area is 203 Å². The van der Waals surface area contributed by atoms with Crippen LogP contribution in [-0.4, -0.2) is 57.8 Å². The molecule has 3 heterocycles. The van der Waals surface area contributed by atoms with Crippen molar-refractivity contribution in [2.75, 3.05) is 13.2 Å². The molecule has 0 radical (unpaired) electrons. The lowest BCUT2D eigenvalue weighted by molar-refractivity contribution is -0.122. The van der Waals surface area contributed by atoms with Crippen LogP contribution in [0.1, 0.15) is 42.1 Å². The van der Waals surface area contributed by atoms with Crippen molar-refractivity contribution < 1.29 is 13.9 Å². The van der Waals surface area contributed by atoms with Crippen LogP contribution < -0.4 is 5.32 Å². The average molecular weight is 516 g/mol. The molecule has 3 aliphatic rings. The predicted octanol–water partition coefficient (Wildman–Crippen LogP) is 0.664. The van der Waals surface area contributed by atoms with Crippen molar-refractivity contribution >= 4 is 57.6 Å². The van der Waals surface area contributed by atoms with E-state index in [1.54, 1.807) is 6.07 Å². The van der Waals surface area contributed by atoms with Crippen molar-refractivity contribution in [3.8, 4) is 0 Å². The smallest absolute Gasteiger partial charge is 0.226 e. The summed E-state index contributed by atoms with van der Waals surface area (Å²) in [5.74, 6) is -0.00115. The van der Waals surface area contributed by atoms with Crippen LogP contribution in [0.5, 0.6) is 0 Å². The van der Waals surface area contributed by atoms with Gasteiger partial charge in [0.25, 0.3) is 0 Å². The minimum Gasteiger partial charge on any atom is -0.379 e. The van der Waals surface area contributed by atoms with Crippen molar-refractivity contribution in [3.05, 3.63) is 50.2 Å². The molecule has 2 aliphatic heterocycles. The molecule has 5 nitrogen and oxygen atoms in total. The molecular weight excluding hydrogens is 490 g/mol. The van der Waals surface area contributed by atoms with Gasteiger partial charge in [-0.1, -0.05) is 15.9 Å². The van der Waals surface area contributed by atoms with Crippen molar-refractivity contribution in [1.29, 1.82) is 0 Å². The third-order valence-electron chi connectivity index (χ3n) is 7.11. The number of ether oxygens (including phenoxy) is 1. The molecule has 1 aromatic carbocycles. The summed E-state index contributed by atoms with van der Waals surface area (Å²) in [6, 6.07) is 5.23. The van der Waals surface area contributed by atoms with Gasteiger partial charge in [0.05, 0.1) is 19.1 Å². The molecule has 3 atom stereocenters. The van der Waals surface area contributed by atoms with Crippen LogP contribution in [0.2, 0.25) is 0 Å². The number of halogens is 2. The van der Waals surface area contributed by atoms with E-state index in [0.29, 0.717) is 13.2 Å². The second kappa shape index (κ2) is 7.88. The quantitative estimate of drug-likeness (QED) is 0.470. The minimum absolute atomic E-state index is 0.00585. The number of benzene rings is 1. The third-order valence-corrected chi connectivity index (χ3v) is 8.01. The van der Waals surface area contributed by atoms with E-state index < -0.39 is 0 Å². The first kappa shape index (κ1) is 22.5. The molecule has 11 heteroatoms. The number of rotatable bonds is 5. The normalized spacial score (nSPS) is 26.4. The van der Waals surface area contributed by atoms with Crippen LogP contribution >= 0.6 is 28.1 Å². The lowest BCUT2D eigenvalue weighted by Gasteiger charge is -2.26. The summed E-state index contributed by atoms with van der Waals surface area (Å²) in [6.07, 6.45) is 3.06. The van der Waals surface area contributed by atoms with E-state index in [2.05, 4.69) is 53.9 Å². The zero-order valence-corrected chi connectivity index (χ0v) is 21.1. The molecule has 1 aliphatic carbocycles. The Hall–Kier alpha value is -1.32. The maximum Gasteiger partial charge on any atom is 0.226 e. The van der Waals surface area contributed by atoms with Crippen molar-refractivity contribution in [1.82, 2.24) is 14.5 Å². The number of imidazole rings is 1. The van der Waals surface area contributed by atoms with Gasteiger partial charge in [-0.05, 0) is 60.5 Å². The van der Waals surface area contributed by atoms with E-state index in [0.717, 1.165) is 52.1 Å². The maximum atomic E-state index is 14.8. The first-order chi connectivity index (χ1) is 15.1. The lowest BCUT2D eigenvalue weighted by Crippen LogP contribution is -2.42. The van der Waals surface area contributed by atoms with Gasteiger partial charge in [-0.15, -0.1) is 0 Å². The minimum atomic E-state index is -0.268. The fourth-order valence-corrected chi connectivity index (χ4v) is 6.59. The molecule has 1 amide bonds. The topological polar surface area (TPSA) is 48.2 Å². The van der Waals surface area contributed by atoms with Gasteiger partial charge in [0, 0.05) is 40.3 Å². The Bertz CT molecular complexity index is 1160. The van der Waals surface area contributed by atoms with Crippen LogP contribution in [0.4, 0.5) is 4.39 Å². The fourth-order valence-electron chi connectivity index (χ4n) is 5.68. The summed E-state index contributed by atoms with van der Waals surface area (Å²) in [5.41, 5.74) is 2.55. The van der Waals surface area contributed by atoms with Crippen molar-refractivity contribution in [2.24, 2.45) is 0 Å². The van der Waals surface area contributed by atoms with Gasteiger partial charge in [0.1, 0.15) is 29.4 Å². The molecule has 32 heavy (non-hydrogen) atoms. The summed E-state index contributed by atoms with van der Waals surface area (Å²) in [7, 11) is 6.34. The molecular formula is C21H26B3BrFN3O2S. The number of carbonyl (C=O) groups is 1. The second-order valence-corrected chi connectivity index (χ2v) is 11.7. The van der Waals surface area contributed by atoms with Crippen LogP contribution in [0.15, 0.2) is 22.7 Å². The van der Waals surface area contributed by atoms with Gasteiger partial charge >= 0.3 is 0 Å². The highest BCUT2D eigenvalue weighted by atomic mass is 79.9. The monoisotopic (exact) mass is 515 g/mol. The van der Waals surface area contributed by atoms with E-state index in [9.17, 15) is 9.18 Å². The Morgan fingerprint density at radius 3 is 2.88 bits per heavy atom. The van der Waals surface area contributed by atoms with Gasteiger partial charge in [0.15, 0.2) is 4.77 Å². The Kier molecular flexibility index (Phi) is 5.53. The number of nitrogens with zero attached hydrogens (tertiary/aromatic N) is 2. The maximum absolute atomic E-state index is 14.8. The fraction of sp³-hybridized carbons (Fsp3) is 0.524. The van der Waals surface area contributed by atoms with E-state index in [-0.39, 0.29) is 40.8 Å². The van der Waals surface area contributed by atoms with Gasteiger partial charge in [-0.3, -0.25) is 4.79 Å². The first-order valence-corrected chi connectivity index (χ1v) is 12.5. The molecule has 0 unspecified atom stereocenters. The molecule has 0 bridgehead atoms. The van der Waals surface area contributed by atoms with Gasteiger partial charge in [-0.25, -0.2) is 4.39 Å². The number of fused-ring (bicyclic) bond motifs is 3. The molecule has 1 N–H and O–H groups in total. The predicted molar refractivity (Wildman–Crippen MR) is 136 cm³/mol. The van der Waals surface area contributed by atoms with Crippen LogP contribution in [-0.2, 0) is 33.1 Å². The largest absolute Gasteiger partial charge is 0.379 e. The highest BCUT2D eigenvalue weighted by Crippen LogP contribution is 2.67.